The van der Waals surface area contributed by atoms with Gasteiger partial charge >= 0.3 is 6.03 Å². The summed E-state index contributed by atoms with van der Waals surface area (Å²) >= 11 is 0. The standard InChI is InChI=1S/C21H16F2N4O2/c22-17-8-6-14(12-18(17)23)20(28)25-15-7-9-19(24-13-15)27-11-10-26(21(27)29)16-4-2-1-3-5-16/h1-9,12-13H,10-11H2,(H,25,28). The van der Waals surface area contributed by atoms with E-state index in [1.165, 1.54) is 12.3 Å². The number of hydrogen-bond donors (Lipinski definition) is 1. The molecule has 0 radical (unpaired) electrons. The van der Waals surface area contributed by atoms with Gasteiger partial charge in [0.1, 0.15) is 5.82 Å². The Labute approximate surface area is 165 Å². The molecule has 1 aromatic heterocycles. The summed E-state index contributed by atoms with van der Waals surface area (Å²) in [5.41, 5.74) is 1.17. The second-order valence-electron chi connectivity index (χ2n) is 6.41. The van der Waals surface area contributed by atoms with Crippen LogP contribution in [-0.2, 0) is 0 Å². The highest BCUT2D eigenvalue weighted by atomic mass is 19.2. The number of rotatable bonds is 4. The van der Waals surface area contributed by atoms with Gasteiger partial charge in [0.2, 0.25) is 0 Å². The summed E-state index contributed by atoms with van der Waals surface area (Å²) in [6.45, 7) is 1.03. The second-order valence-corrected chi connectivity index (χ2v) is 6.41. The van der Waals surface area contributed by atoms with Crippen molar-refractivity contribution in [3.8, 4) is 0 Å². The third-order valence-corrected chi connectivity index (χ3v) is 4.54. The molecular weight excluding hydrogens is 378 g/mol. The van der Waals surface area contributed by atoms with Gasteiger partial charge in [-0.2, -0.15) is 0 Å². The largest absolute Gasteiger partial charge is 0.330 e. The van der Waals surface area contributed by atoms with Crippen molar-refractivity contribution < 1.29 is 18.4 Å². The van der Waals surface area contributed by atoms with Gasteiger partial charge in [0.05, 0.1) is 11.9 Å². The van der Waals surface area contributed by atoms with Crippen molar-refractivity contribution in [2.24, 2.45) is 0 Å². The van der Waals surface area contributed by atoms with E-state index >= 15 is 0 Å². The molecule has 1 saturated heterocycles. The Morgan fingerprint density at radius 3 is 2.38 bits per heavy atom. The molecule has 29 heavy (non-hydrogen) atoms. The summed E-state index contributed by atoms with van der Waals surface area (Å²) in [7, 11) is 0. The van der Waals surface area contributed by atoms with E-state index in [2.05, 4.69) is 10.3 Å². The highest BCUT2D eigenvalue weighted by Gasteiger charge is 2.31. The van der Waals surface area contributed by atoms with Crippen LogP contribution in [0.5, 0.6) is 0 Å². The van der Waals surface area contributed by atoms with Crippen molar-refractivity contribution in [1.29, 1.82) is 0 Å². The van der Waals surface area contributed by atoms with Crippen LogP contribution in [0.1, 0.15) is 10.4 Å². The lowest BCUT2D eigenvalue weighted by Gasteiger charge is -2.18. The third-order valence-electron chi connectivity index (χ3n) is 4.54. The zero-order valence-corrected chi connectivity index (χ0v) is 15.2. The molecule has 1 aliphatic rings. The zero-order chi connectivity index (χ0) is 20.4. The Bertz CT molecular complexity index is 1060. The number of carbonyl (C=O) groups excluding carboxylic acids is 2. The lowest BCUT2D eigenvalue weighted by Crippen LogP contribution is -2.32. The number of nitrogens with one attached hydrogen (secondary N) is 1. The van der Waals surface area contributed by atoms with Crippen LogP contribution < -0.4 is 15.1 Å². The fourth-order valence-electron chi connectivity index (χ4n) is 3.06. The highest BCUT2D eigenvalue weighted by Crippen LogP contribution is 2.24. The molecular formula is C21H16F2N4O2. The van der Waals surface area contributed by atoms with E-state index in [4.69, 9.17) is 0 Å². The fraction of sp³-hybridized carbons (Fsp3) is 0.0952. The molecule has 0 aliphatic carbocycles. The predicted octanol–water partition coefficient (Wildman–Crippen LogP) is 4.06. The third kappa shape index (κ3) is 3.77. The molecule has 4 rings (SSSR count). The molecule has 2 heterocycles. The molecule has 0 saturated carbocycles. The first-order chi connectivity index (χ1) is 14.0. The van der Waals surface area contributed by atoms with Gasteiger partial charge in [-0.25, -0.2) is 18.6 Å². The van der Waals surface area contributed by atoms with Crippen molar-refractivity contribution in [2.75, 3.05) is 28.2 Å². The molecule has 6 nitrogen and oxygen atoms in total. The average molecular weight is 394 g/mol. The summed E-state index contributed by atoms with van der Waals surface area (Å²) in [4.78, 5) is 32.3. The number of aromatic nitrogens is 1. The topological polar surface area (TPSA) is 65.5 Å². The van der Waals surface area contributed by atoms with Crippen molar-refractivity contribution in [2.45, 2.75) is 0 Å². The number of nitrogens with zero attached hydrogens (tertiary/aromatic N) is 3. The summed E-state index contributed by atoms with van der Waals surface area (Å²) < 4.78 is 26.3. The lowest BCUT2D eigenvalue weighted by atomic mass is 10.2. The van der Waals surface area contributed by atoms with Crippen LogP contribution in [0, 0.1) is 11.6 Å². The van der Waals surface area contributed by atoms with E-state index in [1.54, 1.807) is 21.9 Å². The van der Waals surface area contributed by atoms with E-state index in [-0.39, 0.29) is 11.6 Å². The van der Waals surface area contributed by atoms with Crippen molar-refractivity contribution in [3.63, 3.8) is 0 Å². The zero-order valence-electron chi connectivity index (χ0n) is 15.2. The summed E-state index contributed by atoms with van der Waals surface area (Å²) in [6.07, 6.45) is 1.41. The monoisotopic (exact) mass is 394 g/mol. The Morgan fingerprint density at radius 1 is 0.931 bits per heavy atom. The normalized spacial score (nSPS) is 13.7. The van der Waals surface area contributed by atoms with Gasteiger partial charge in [0.25, 0.3) is 5.91 Å². The maximum atomic E-state index is 13.3. The number of carbonyl (C=O) groups is 2. The Hall–Kier alpha value is -3.81. The van der Waals surface area contributed by atoms with Crippen LogP contribution >= 0.6 is 0 Å². The molecule has 3 aromatic rings. The van der Waals surface area contributed by atoms with Gasteiger partial charge in [-0.3, -0.25) is 14.6 Å². The number of pyridine rings is 1. The number of para-hydroxylation sites is 1. The molecule has 1 N–H and O–H groups in total. The van der Waals surface area contributed by atoms with Gasteiger partial charge < -0.3 is 5.32 Å². The molecule has 1 aliphatic heterocycles. The van der Waals surface area contributed by atoms with E-state index in [0.717, 1.165) is 17.8 Å². The van der Waals surface area contributed by atoms with E-state index in [1.807, 2.05) is 30.3 Å². The number of hydrogen-bond acceptors (Lipinski definition) is 3. The molecule has 1 fully saturated rings. The smallest absolute Gasteiger partial charge is 0.321 e. The minimum atomic E-state index is -1.10. The van der Waals surface area contributed by atoms with Crippen LogP contribution in [0.25, 0.3) is 0 Å². The first-order valence-electron chi connectivity index (χ1n) is 8.89. The van der Waals surface area contributed by atoms with Crippen molar-refractivity contribution in [3.05, 3.63) is 84.1 Å². The Morgan fingerprint density at radius 2 is 1.69 bits per heavy atom. The maximum Gasteiger partial charge on any atom is 0.330 e. The molecule has 0 bridgehead atoms. The highest BCUT2D eigenvalue weighted by molar-refractivity contribution is 6.06. The SMILES string of the molecule is O=C(Nc1ccc(N2CCN(c3ccccc3)C2=O)nc1)c1ccc(F)c(F)c1. The summed E-state index contributed by atoms with van der Waals surface area (Å²) in [5.74, 6) is -2.25. The van der Waals surface area contributed by atoms with Gasteiger partial charge in [-0.05, 0) is 42.5 Å². The van der Waals surface area contributed by atoms with Crippen LogP contribution in [0.2, 0.25) is 0 Å². The summed E-state index contributed by atoms with van der Waals surface area (Å²) in [5, 5.41) is 2.56. The quantitative estimate of drug-likeness (QED) is 0.726. The van der Waals surface area contributed by atoms with E-state index in [9.17, 15) is 18.4 Å². The first kappa shape index (κ1) is 18.5. The van der Waals surface area contributed by atoms with E-state index < -0.39 is 17.5 Å². The van der Waals surface area contributed by atoms with Crippen molar-refractivity contribution >= 4 is 29.1 Å². The van der Waals surface area contributed by atoms with E-state index in [0.29, 0.717) is 24.6 Å². The Balaban J connectivity index is 1.45. The minimum absolute atomic E-state index is 0.0128. The molecule has 3 amide bonds. The molecule has 146 valence electrons. The van der Waals surface area contributed by atoms with Gasteiger partial charge in [0.15, 0.2) is 11.6 Å². The molecule has 0 unspecified atom stereocenters. The van der Waals surface area contributed by atoms with Crippen molar-refractivity contribution in [1.82, 2.24) is 4.98 Å². The molecule has 8 heteroatoms. The van der Waals surface area contributed by atoms with Crippen LogP contribution in [-0.4, -0.2) is 30.0 Å². The minimum Gasteiger partial charge on any atom is -0.321 e. The number of urea groups is 1. The summed E-state index contributed by atoms with van der Waals surface area (Å²) in [6, 6.07) is 15.3. The van der Waals surface area contributed by atoms with Gasteiger partial charge in [-0.1, -0.05) is 18.2 Å². The van der Waals surface area contributed by atoms with Crippen LogP contribution in [0.3, 0.4) is 0 Å². The number of halogens is 2. The number of amides is 3. The fourth-order valence-corrected chi connectivity index (χ4v) is 3.06. The van der Waals surface area contributed by atoms with Gasteiger partial charge in [0, 0.05) is 24.3 Å². The predicted molar refractivity (Wildman–Crippen MR) is 105 cm³/mol. The number of benzene rings is 2. The van der Waals surface area contributed by atoms with Crippen LogP contribution in [0.15, 0.2) is 66.9 Å². The lowest BCUT2D eigenvalue weighted by molar-refractivity contribution is 0.102. The maximum absolute atomic E-state index is 13.3. The number of anilines is 3. The molecule has 0 spiro atoms. The van der Waals surface area contributed by atoms with Crippen LogP contribution in [0.4, 0.5) is 30.8 Å². The first-order valence-corrected chi connectivity index (χ1v) is 8.89. The van der Waals surface area contributed by atoms with Gasteiger partial charge in [-0.15, -0.1) is 0 Å². The molecule has 2 aromatic carbocycles. The molecule has 0 atom stereocenters. The second kappa shape index (κ2) is 7.67. The average Bonchev–Trinajstić information content (AvgIpc) is 3.12. The Kier molecular flexibility index (Phi) is 4.90.